The van der Waals surface area contributed by atoms with Gasteiger partial charge in [-0.25, -0.2) is 9.18 Å². The topological polar surface area (TPSA) is 70.4 Å². The summed E-state index contributed by atoms with van der Waals surface area (Å²) in [7, 11) is 0. The number of halogens is 1. The Hall–Kier alpha value is -1.49. The number of fused-ring (bicyclic) bond motifs is 1. The van der Waals surface area contributed by atoms with Gasteiger partial charge >= 0.3 is 5.97 Å². The van der Waals surface area contributed by atoms with Gasteiger partial charge in [-0.1, -0.05) is 6.07 Å². The maximum Gasteiger partial charge on any atom is 0.346 e. The van der Waals surface area contributed by atoms with Crippen molar-refractivity contribution in [1.82, 2.24) is 4.98 Å². The number of alkyl halides is 1. The summed E-state index contributed by atoms with van der Waals surface area (Å²) in [6.45, 7) is 0. The molecule has 0 bridgehead atoms. The zero-order chi connectivity index (χ0) is 11.1. The number of nitrogens with zero attached hydrogens (tertiary/aromatic N) is 1. The Balaban J connectivity index is 2.58. The van der Waals surface area contributed by atoms with E-state index in [0.717, 1.165) is 0 Å². The average Bonchev–Trinajstić information content (AvgIpc) is 2.24. The number of hydrogen-bond donors (Lipinski definition) is 2. The van der Waals surface area contributed by atoms with Crippen LogP contribution in [0.1, 0.15) is 30.2 Å². The van der Waals surface area contributed by atoms with Crippen LogP contribution in [-0.2, 0) is 10.5 Å². The number of aliphatic carboxylic acids is 1. The fourth-order valence-electron chi connectivity index (χ4n) is 1.85. The molecule has 2 N–H and O–H groups in total. The van der Waals surface area contributed by atoms with Crippen molar-refractivity contribution in [2.45, 2.75) is 24.6 Å². The lowest BCUT2D eigenvalue weighted by atomic mass is 9.81. The van der Waals surface area contributed by atoms with E-state index in [9.17, 15) is 14.3 Å². The van der Waals surface area contributed by atoms with E-state index < -0.39 is 17.7 Å². The van der Waals surface area contributed by atoms with Gasteiger partial charge < -0.3 is 10.2 Å². The molecule has 0 spiro atoms. The Bertz CT molecular complexity index is 409. The molecule has 1 aromatic rings. The maximum atomic E-state index is 14.1. The smallest absolute Gasteiger partial charge is 0.346 e. The van der Waals surface area contributed by atoms with Gasteiger partial charge in [-0.05, 0) is 18.9 Å². The van der Waals surface area contributed by atoms with Gasteiger partial charge in [0.25, 0.3) is 0 Å². The molecule has 1 heterocycles. The summed E-state index contributed by atoms with van der Waals surface area (Å²) in [5, 5.41) is 18.4. The van der Waals surface area contributed by atoms with Crippen LogP contribution < -0.4 is 0 Å². The molecule has 0 aliphatic heterocycles. The molecule has 0 saturated carbocycles. The summed E-state index contributed by atoms with van der Waals surface area (Å²) < 4.78 is 14.1. The lowest BCUT2D eigenvalue weighted by Gasteiger charge is -2.30. The van der Waals surface area contributed by atoms with Gasteiger partial charge in [0.05, 0.1) is 11.8 Å². The first-order valence-corrected chi connectivity index (χ1v) is 4.61. The van der Waals surface area contributed by atoms with Crippen LogP contribution in [0.3, 0.4) is 0 Å². The quantitative estimate of drug-likeness (QED) is 0.731. The fraction of sp³-hybridized carbons (Fsp3) is 0.400. The van der Waals surface area contributed by atoms with E-state index in [1.54, 1.807) is 0 Å². The largest absolute Gasteiger partial charge is 0.479 e. The van der Waals surface area contributed by atoms with Crippen molar-refractivity contribution in [2.24, 2.45) is 0 Å². The number of pyridine rings is 1. The highest BCUT2D eigenvalue weighted by Crippen LogP contribution is 2.42. The molecule has 1 aliphatic carbocycles. The minimum atomic E-state index is -2.41. The Morgan fingerprint density at radius 1 is 1.67 bits per heavy atom. The van der Waals surface area contributed by atoms with E-state index in [-0.39, 0.29) is 24.1 Å². The first-order valence-electron chi connectivity index (χ1n) is 4.61. The van der Waals surface area contributed by atoms with Crippen LogP contribution >= 0.6 is 0 Å². The molecule has 4 nitrogen and oxygen atoms in total. The predicted molar refractivity (Wildman–Crippen MR) is 48.9 cm³/mol. The molecule has 80 valence electrons. The first kappa shape index (κ1) is 10.0. The standard InChI is InChI=1S/C10H10FNO3/c11-10(9(14)15)4-3-7(13)8-6(10)2-1-5-12-8/h1-2,5,7,13H,3-4H2,(H,14,15). The molecule has 1 aliphatic rings. The van der Waals surface area contributed by atoms with Gasteiger partial charge in [0.1, 0.15) is 0 Å². The van der Waals surface area contributed by atoms with Crippen LogP contribution in [0, 0.1) is 0 Å². The minimum Gasteiger partial charge on any atom is -0.479 e. The number of carbonyl (C=O) groups is 1. The molecule has 2 atom stereocenters. The average molecular weight is 211 g/mol. The van der Waals surface area contributed by atoms with Crippen molar-refractivity contribution in [1.29, 1.82) is 0 Å². The van der Waals surface area contributed by atoms with Crippen LogP contribution in [0.2, 0.25) is 0 Å². The number of hydrogen-bond acceptors (Lipinski definition) is 3. The number of aliphatic hydroxyl groups is 1. The molecule has 2 unspecified atom stereocenters. The number of rotatable bonds is 1. The lowest BCUT2D eigenvalue weighted by Crippen LogP contribution is -2.36. The van der Waals surface area contributed by atoms with Crippen LogP contribution in [0.5, 0.6) is 0 Å². The van der Waals surface area contributed by atoms with E-state index in [2.05, 4.69) is 4.98 Å². The van der Waals surface area contributed by atoms with Crippen molar-refractivity contribution in [3.63, 3.8) is 0 Å². The van der Waals surface area contributed by atoms with Crippen LogP contribution in [0.25, 0.3) is 0 Å². The number of carboxylic acids is 1. The molecule has 2 rings (SSSR count). The predicted octanol–water partition coefficient (Wildman–Crippen LogP) is 1.16. The Morgan fingerprint density at radius 3 is 3.07 bits per heavy atom. The van der Waals surface area contributed by atoms with Gasteiger partial charge in [-0.3, -0.25) is 4.98 Å². The third kappa shape index (κ3) is 1.39. The summed E-state index contributed by atoms with van der Waals surface area (Å²) in [6, 6.07) is 2.83. The number of carboxylic acid groups (broad SMARTS) is 1. The van der Waals surface area contributed by atoms with Crippen LogP contribution in [-0.4, -0.2) is 21.2 Å². The molecule has 0 radical (unpaired) electrons. The maximum absolute atomic E-state index is 14.1. The van der Waals surface area contributed by atoms with E-state index in [4.69, 9.17) is 5.11 Å². The molecule has 5 heteroatoms. The van der Waals surface area contributed by atoms with Crippen molar-refractivity contribution in [2.75, 3.05) is 0 Å². The van der Waals surface area contributed by atoms with Crippen LogP contribution in [0.4, 0.5) is 4.39 Å². The summed E-state index contributed by atoms with van der Waals surface area (Å²) in [6.07, 6.45) is 0.398. The van der Waals surface area contributed by atoms with E-state index in [0.29, 0.717) is 0 Å². The summed E-state index contributed by atoms with van der Waals surface area (Å²) in [5.41, 5.74) is -2.31. The zero-order valence-corrected chi connectivity index (χ0v) is 7.85. The van der Waals surface area contributed by atoms with Gasteiger partial charge in [0.15, 0.2) is 0 Å². The molecule has 0 aromatic carbocycles. The summed E-state index contributed by atoms with van der Waals surface area (Å²) >= 11 is 0. The summed E-state index contributed by atoms with van der Waals surface area (Å²) in [4.78, 5) is 14.7. The third-order valence-corrected chi connectivity index (χ3v) is 2.68. The van der Waals surface area contributed by atoms with E-state index in [1.807, 2.05) is 0 Å². The Labute approximate surface area is 85.4 Å². The number of aromatic nitrogens is 1. The SMILES string of the molecule is O=C(O)C1(F)CCC(O)c2ncccc21. The van der Waals surface area contributed by atoms with Crippen molar-refractivity contribution in [3.05, 3.63) is 29.6 Å². The lowest BCUT2D eigenvalue weighted by molar-refractivity contribution is -0.153. The minimum absolute atomic E-state index is 0.0312. The second-order valence-corrected chi connectivity index (χ2v) is 3.60. The highest BCUT2D eigenvalue weighted by atomic mass is 19.1. The fourth-order valence-corrected chi connectivity index (χ4v) is 1.85. The normalized spacial score (nSPS) is 29.6. The Morgan fingerprint density at radius 2 is 2.40 bits per heavy atom. The van der Waals surface area contributed by atoms with Crippen molar-refractivity contribution >= 4 is 5.97 Å². The Kier molecular flexibility index (Phi) is 2.19. The second-order valence-electron chi connectivity index (χ2n) is 3.60. The third-order valence-electron chi connectivity index (χ3n) is 2.68. The van der Waals surface area contributed by atoms with E-state index >= 15 is 0 Å². The zero-order valence-electron chi connectivity index (χ0n) is 7.85. The van der Waals surface area contributed by atoms with Crippen molar-refractivity contribution in [3.8, 4) is 0 Å². The molecule has 0 amide bonds. The molecule has 15 heavy (non-hydrogen) atoms. The van der Waals surface area contributed by atoms with E-state index in [1.165, 1.54) is 18.3 Å². The first-order chi connectivity index (χ1) is 7.05. The second kappa shape index (κ2) is 3.27. The van der Waals surface area contributed by atoms with Crippen molar-refractivity contribution < 1.29 is 19.4 Å². The monoisotopic (exact) mass is 211 g/mol. The van der Waals surface area contributed by atoms with Gasteiger partial charge in [0, 0.05) is 11.8 Å². The molecule has 0 saturated heterocycles. The molecular formula is C10H10FNO3. The molecule has 0 fully saturated rings. The summed E-state index contributed by atoms with van der Waals surface area (Å²) in [5.74, 6) is -1.52. The number of aliphatic hydroxyl groups excluding tert-OH is 1. The molecular weight excluding hydrogens is 201 g/mol. The highest BCUT2D eigenvalue weighted by Gasteiger charge is 2.46. The molecule has 1 aromatic heterocycles. The van der Waals surface area contributed by atoms with Gasteiger partial charge in [-0.2, -0.15) is 0 Å². The van der Waals surface area contributed by atoms with Gasteiger partial charge in [0.2, 0.25) is 5.67 Å². The van der Waals surface area contributed by atoms with Gasteiger partial charge in [-0.15, -0.1) is 0 Å². The van der Waals surface area contributed by atoms with Crippen LogP contribution in [0.15, 0.2) is 18.3 Å². The highest BCUT2D eigenvalue weighted by molar-refractivity contribution is 5.80.